The molecule has 0 saturated carbocycles. The van der Waals surface area contributed by atoms with Gasteiger partial charge in [0.05, 0.1) is 5.69 Å². The van der Waals surface area contributed by atoms with Gasteiger partial charge in [0.25, 0.3) is 0 Å². The molecule has 2 aromatic rings. The van der Waals surface area contributed by atoms with Gasteiger partial charge in [-0.15, -0.1) is 11.8 Å². The molecule has 0 fully saturated rings. The fourth-order valence-electron chi connectivity index (χ4n) is 1.98. The Morgan fingerprint density at radius 3 is 2.67 bits per heavy atom. The predicted octanol–water partition coefficient (Wildman–Crippen LogP) is 4.28. The number of nitrogens with two attached hydrogens (primary N) is 1. The quantitative estimate of drug-likeness (QED) is 0.742. The van der Waals surface area contributed by atoms with E-state index in [4.69, 9.17) is 5.73 Å². The lowest BCUT2D eigenvalue weighted by Gasteiger charge is -2.11. The average Bonchev–Trinajstić information content (AvgIpc) is 2.94. The van der Waals surface area contributed by atoms with E-state index in [1.54, 1.807) is 11.8 Å². The van der Waals surface area contributed by atoms with E-state index in [0.717, 1.165) is 28.8 Å². The van der Waals surface area contributed by atoms with Crippen LogP contribution < -0.4 is 5.73 Å². The maximum atomic E-state index is 6.22. The number of halogens is 1. The summed E-state index contributed by atoms with van der Waals surface area (Å²) >= 11 is 5.24. The van der Waals surface area contributed by atoms with Gasteiger partial charge in [0.1, 0.15) is 0 Å². The lowest BCUT2D eigenvalue weighted by atomic mass is 10.2. The molecule has 0 spiro atoms. The van der Waals surface area contributed by atoms with E-state index in [2.05, 4.69) is 71.4 Å². The van der Waals surface area contributed by atoms with Crippen LogP contribution in [0.5, 0.6) is 0 Å². The summed E-state index contributed by atoms with van der Waals surface area (Å²) in [5, 5.41) is 4.61. The van der Waals surface area contributed by atoms with Gasteiger partial charge in [-0.3, -0.25) is 4.68 Å². The summed E-state index contributed by atoms with van der Waals surface area (Å²) in [4.78, 5) is 1.25. The molecule has 0 amide bonds. The maximum absolute atomic E-state index is 6.22. The number of benzene rings is 1. The van der Waals surface area contributed by atoms with Gasteiger partial charge in [0.15, 0.2) is 0 Å². The first-order valence-corrected chi connectivity index (χ1v) is 9.04. The van der Waals surface area contributed by atoms with Gasteiger partial charge < -0.3 is 5.73 Å². The average molecular weight is 368 g/mol. The summed E-state index contributed by atoms with van der Waals surface area (Å²) in [6, 6.07) is 11.0. The molecule has 0 aliphatic heterocycles. The van der Waals surface area contributed by atoms with E-state index in [9.17, 15) is 0 Å². The molecule has 0 saturated heterocycles. The Bertz CT molecular complexity index is 553. The van der Waals surface area contributed by atoms with E-state index in [1.807, 2.05) is 4.68 Å². The zero-order chi connectivity index (χ0) is 15.2. The van der Waals surface area contributed by atoms with Crippen LogP contribution in [-0.2, 0) is 6.42 Å². The molecule has 0 bridgehead atoms. The molecule has 21 heavy (non-hydrogen) atoms. The molecule has 0 radical (unpaired) electrons. The summed E-state index contributed by atoms with van der Waals surface area (Å²) in [6.45, 7) is 4.35. The minimum Gasteiger partial charge on any atom is -0.327 e. The minimum absolute atomic E-state index is 0.124. The first-order chi connectivity index (χ1) is 10.1. The smallest absolute Gasteiger partial charge is 0.0640 e. The number of hydrogen-bond donors (Lipinski definition) is 1. The van der Waals surface area contributed by atoms with Gasteiger partial charge in [0, 0.05) is 39.8 Å². The summed E-state index contributed by atoms with van der Waals surface area (Å²) in [5.74, 6) is 0.901. The molecule has 2 atom stereocenters. The van der Waals surface area contributed by atoms with E-state index >= 15 is 0 Å². The zero-order valence-corrected chi connectivity index (χ0v) is 14.9. The highest BCUT2D eigenvalue weighted by Crippen LogP contribution is 2.21. The number of hydrogen-bond acceptors (Lipinski definition) is 3. The van der Waals surface area contributed by atoms with Crippen LogP contribution in [0.4, 0.5) is 0 Å². The van der Waals surface area contributed by atoms with Crippen LogP contribution in [0.3, 0.4) is 0 Å². The van der Waals surface area contributed by atoms with Crippen LogP contribution >= 0.6 is 27.7 Å². The Balaban J connectivity index is 1.82. The van der Waals surface area contributed by atoms with E-state index in [-0.39, 0.29) is 6.04 Å². The zero-order valence-electron chi connectivity index (χ0n) is 12.5. The number of nitrogens with zero attached hydrogens (tertiary/aromatic N) is 2. The van der Waals surface area contributed by atoms with Gasteiger partial charge in [0.2, 0.25) is 0 Å². The molecule has 0 aliphatic rings. The van der Waals surface area contributed by atoms with Crippen molar-refractivity contribution in [3.8, 4) is 0 Å². The van der Waals surface area contributed by atoms with Crippen molar-refractivity contribution in [2.45, 2.75) is 43.7 Å². The van der Waals surface area contributed by atoms with Gasteiger partial charge in [-0.05, 0) is 43.7 Å². The highest BCUT2D eigenvalue weighted by molar-refractivity contribution is 9.10. The second-order valence-corrected chi connectivity index (χ2v) is 7.28. The molecule has 2 rings (SSSR count). The van der Waals surface area contributed by atoms with Crippen molar-refractivity contribution in [3.05, 3.63) is 46.7 Å². The van der Waals surface area contributed by atoms with Crippen molar-refractivity contribution in [1.29, 1.82) is 0 Å². The standard InChI is InChI=1S/C16H22BrN3S/c1-3-12(2)20-9-8-15(19-20)10-14(18)11-21-16-6-4-13(17)5-7-16/h4-9,12,14H,3,10-11,18H2,1-2H3. The third-order valence-corrected chi connectivity index (χ3v) is 5.18. The maximum Gasteiger partial charge on any atom is 0.0640 e. The van der Waals surface area contributed by atoms with E-state index in [0.29, 0.717) is 6.04 Å². The van der Waals surface area contributed by atoms with Gasteiger partial charge in [-0.25, -0.2) is 0 Å². The van der Waals surface area contributed by atoms with Crippen molar-refractivity contribution in [2.24, 2.45) is 5.73 Å². The first-order valence-electron chi connectivity index (χ1n) is 7.26. The normalized spacial score (nSPS) is 14.1. The fraction of sp³-hybridized carbons (Fsp3) is 0.438. The third kappa shape index (κ3) is 5.16. The molecule has 1 heterocycles. The third-order valence-electron chi connectivity index (χ3n) is 3.46. The van der Waals surface area contributed by atoms with Crippen molar-refractivity contribution in [3.63, 3.8) is 0 Å². The van der Waals surface area contributed by atoms with Crippen LogP contribution in [-0.4, -0.2) is 21.6 Å². The Labute approximate surface area is 139 Å². The number of thioether (sulfide) groups is 1. The van der Waals surface area contributed by atoms with Crippen LogP contribution in [0, 0.1) is 0 Å². The van der Waals surface area contributed by atoms with Crippen LogP contribution in [0.15, 0.2) is 45.9 Å². The fourth-order valence-corrected chi connectivity index (χ4v) is 3.10. The number of aromatic nitrogens is 2. The molecular formula is C16H22BrN3S. The van der Waals surface area contributed by atoms with Gasteiger partial charge in [-0.1, -0.05) is 22.9 Å². The highest BCUT2D eigenvalue weighted by atomic mass is 79.9. The van der Waals surface area contributed by atoms with Crippen molar-refractivity contribution in [2.75, 3.05) is 5.75 Å². The molecule has 2 N–H and O–H groups in total. The van der Waals surface area contributed by atoms with Crippen LogP contribution in [0.2, 0.25) is 0 Å². The summed E-state index contributed by atoms with van der Waals surface area (Å²) in [6.07, 6.45) is 3.97. The summed E-state index contributed by atoms with van der Waals surface area (Å²) in [5.41, 5.74) is 7.30. The molecular weight excluding hydrogens is 346 g/mol. The van der Waals surface area contributed by atoms with Gasteiger partial charge in [-0.2, -0.15) is 5.10 Å². The lowest BCUT2D eigenvalue weighted by Crippen LogP contribution is -2.25. The van der Waals surface area contributed by atoms with Crippen LogP contribution in [0.25, 0.3) is 0 Å². The topological polar surface area (TPSA) is 43.8 Å². The molecule has 0 aliphatic carbocycles. The summed E-state index contributed by atoms with van der Waals surface area (Å²) < 4.78 is 3.14. The number of rotatable bonds is 7. The Hall–Kier alpha value is -0.780. The summed E-state index contributed by atoms with van der Waals surface area (Å²) in [7, 11) is 0. The van der Waals surface area contributed by atoms with Gasteiger partial charge >= 0.3 is 0 Å². The Morgan fingerprint density at radius 2 is 2.00 bits per heavy atom. The van der Waals surface area contributed by atoms with Crippen LogP contribution in [0.1, 0.15) is 32.0 Å². The van der Waals surface area contributed by atoms with Crippen molar-refractivity contribution in [1.82, 2.24) is 9.78 Å². The molecule has 2 unspecified atom stereocenters. The monoisotopic (exact) mass is 367 g/mol. The van der Waals surface area contributed by atoms with Crippen molar-refractivity contribution < 1.29 is 0 Å². The highest BCUT2D eigenvalue weighted by Gasteiger charge is 2.09. The second-order valence-electron chi connectivity index (χ2n) is 5.27. The molecule has 1 aromatic heterocycles. The van der Waals surface area contributed by atoms with Crippen molar-refractivity contribution >= 4 is 27.7 Å². The first kappa shape index (κ1) is 16.6. The predicted molar refractivity (Wildman–Crippen MR) is 93.8 cm³/mol. The largest absolute Gasteiger partial charge is 0.327 e. The SMILES string of the molecule is CCC(C)n1ccc(CC(N)CSc2ccc(Br)cc2)n1. The van der Waals surface area contributed by atoms with E-state index in [1.165, 1.54) is 4.90 Å². The Morgan fingerprint density at radius 1 is 1.29 bits per heavy atom. The molecule has 5 heteroatoms. The molecule has 114 valence electrons. The minimum atomic E-state index is 0.124. The second kappa shape index (κ2) is 8.01. The lowest BCUT2D eigenvalue weighted by molar-refractivity contribution is 0.472. The molecule has 1 aromatic carbocycles. The Kier molecular flexibility index (Phi) is 6.33. The molecule has 3 nitrogen and oxygen atoms in total. The van der Waals surface area contributed by atoms with E-state index < -0.39 is 0 Å².